The standard InChI is InChI=1S/C9H13N3O2S/c1-5(8(13)10-7-3-4-7)15-9-12-11-6(2)14-9/h5,7H,3-4H2,1-2H3,(H,10,13)/t5-/m0/s1. The van der Waals surface area contributed by atoms with Crippen LogP contribution in [-0.4, -0.2) is 27.4 Å². The molecule has 1 atom stereocenters. The number of nitrogens with one attached hydrogen (secondary N) is 1. The quantitative estimate of drug-likeness (QED) is 0.781. The molecule has 1 fully saturated rings. The minimum atomic E-state index is -0.189. The van der Waals surface area contributed by atoms with Gasteiger partial charge in [-0.05, 0) is 19.8 Å². The zero-order valence-electron chi connectivity index (χ0n) is 8.69. The normalized spacial score (nSPS) is 17.5. The lowest BCUT2D eigenvalue weighted by molar-refractivity contribution is -0.120. The molecule has 2 rings (SSSR count). The third kappa shape index (κ3) is 2.95. The van der Waals surface area contributed by atoms with Crippen molar-refractivity contribution in [1.29, 1.82) is 0 Å². The van der Waals surface area contributed by atoms with Crippen LogP contribution in [0.2, 0.25) is 0 Å². The molecule has 5 nitrogen and oxygen atoms in total. The maximum atomic E-state index is 11.6. The van der Waals surface area contributed by atoms with Crippen LogP contribution < -0.4 is 5.32 Å². The number of carbonyl (C=O) groups excluding carboxylic acids is 1. The molecule has 1 aromatic heterocycles. The second-order valence-electron chi connectivity index (χ2n) is 3.63. The molecule has 0 spiro atoms. The molecule has 1 saturated carbocycles. The Bertz CT molecular complexity index is 362. The summed E-state index contributed by atoms with van der Waals surface area (Å²) >= 11 is 1.29. The average Bonchev–Trinajstić information content (AvgIpc) is 2.90. The molecular formula is C9H13N3O2S. The van der Waals surface area contributed by atoms with Crippen LogP contribution in [-0.2, 0) is 4.79 Å². The molecule has 0 bridgehead atoms. The number of carbonyl (C=O) groups is 1. The number of amides is 1. The predicted octanol–water partition coefficient (Wildman–Crippen LogP) is 1.14. The Hall–Kier alpha value is -1.04. The van der Waals surface area contributed by atoms with Gasteiger partial charge in [0.25, 0.3) is 5.22 Å². The topological polar surface area (TPSA) is 68.0 Å². The molecule has 0 aliphatic heterocycles. The molecule has 0 radical (unpaired) electrons. The Kier molecular flexibility index (Phi) is 2.95. The molecule has 1 N–H and O–H groups in total. The van der Waals surface area contributed by atoms with E-state index in [4.69, 9.17) is 4.42 Å². The Morgan fingerprint density at radius 1 is 1.60 bits per heavy atom. The van der Waals surface area contributed by atoms with Gasteiger partial charge in [0.2, 0.25) is 11.8 Å². The third-order valence-electron chi connectivity index (χ3n) is 2.08. The van der Waals surface area contributed by atoms with Gasteiger partial charge in [-0.2, -0.15) is 0 Å². The van der Waals surface area contributed by atoms with Crippen LogP contribution >= 0.6 is 11.8 Å². The van der Waals surface area contributed by atoms with Crippen LogP contribution in [0.15, 0.2) is 9.64 Å². The van der Waals surface area contributed by atoms with Gasteiger partial charge in [0.05, 0.1) is 5.25 Å². The largest absolute Gasteiger partial charge is 0.416 e. The van der Waals surface area contributed by atoms with Crippen LogP contribution in [0, 0.1) is 6.92 Å². The van der Waals surface area contributed by atoms with Crippen molar-refractivity contribution in [1.82, 2.24) is 15.5 Å². The second-order valence-corrected chi connectivity index (χ2v) is 4.92. The minimum Gasteiger partial charge on any atom is -0.416 e. The van der Waals surface area contributed by atoms with Gasteiger partial charge in [-0.3, -0.25) is 4.79 Å². The second kappa shape index (κ2) is 4.22. The Labute approximate surface area is 92.0 Å². The summed E-state index contributed by atoms with van der Waals surface area (Å²) < 4.78 is 5.19. The summed E-state index contributed by atoms with van der Waals surface area (Å²) in [4.78, 5) is 11.6. The zero-order valence-corrected chi connectivity index (χ0v) is 9.50. The molecule has 1 heterocycles. The molecule has 0 aromatic carbocycles. The van der Waals surface area contributed by atoms with E-state index in [2.05, 4.69) is 15.5 Å². The minimum absolute atomic E-state index is 0.0401. The Morgan fingerprint density at radius 2 is 2.33 bits per heavy atom. The van der Waals surface area contributed by atoms with Crippen molar-refractivity contribution < 1.29 is 9.21 Å². The van der Waals surface area contributed by atoms with E-state index in [9.17, 15) is 4.79 Å². The number of hydrogen-bond donors (Lipinski definition) is 1. The van der Waals surface area contributed by atoms with Gasteiger partial charge < -0.3 is 9.73 Å². The number of thioether (sulfide) groups is 1. The molecule has 1 amide bonds. The maximum Gasteiger partial charge on any atom is 0.277 e. The van der Waals surface area contributed by atoms with E-state index in [1.807, 2.05) is 6.92 Å². The van der Waals surface area contributed by atoms with E-state index >= 15 is 0 Å². The van der Waals surface area contributed by atoms with Crippen molar-refractivity contribution in [3.8, 4) is 0 Å². The summed E-state index contributed by atoms with van der Waals surface area (Å²) in [6.07, 6.45) is 2.20. The lowest BCUT2D eigenvalue weighted by atomic mass is 10.4. The Morgan fingerprint density at radius 3 is 2.87 bits per heavy atom. The highest BCUT2D eigenvalue weighted by Gasteiger charge is 2.26. The maximum absolute atomic E-state index is 11.6. The molecule has 6 heteroatoms. The van der Waals surface area contributed by atoms with Crippen LogP contribution in [0.1, 0.15) is 25.7 Å². The van der Waals surface area contributed by atoms with Crippen LogP contribution in [0.5, 0.6) is 0 Å². The smallest absolute Gasteiger partial charge is 0.277 e. The van der Waals surface area contributed by atoms with Crippen molar-refractivity contribution in [2.24, 2.45) is 0 Å². The number of hydrogen-bond acceptors (Lipinski definition) is 5. The van der Waals surface area contributed by atoms with Crippen molar-refractivity contribution >= 4 is 17.7 Å². The molecule has 1 aliphatic carbocycles. The zero-order chi connectivity index (χ0) is 10.8. The van der Waals surface area contributed by atoms with Crippen LogP contribution in [0.4, 0.5) is 0 Å². The first kappa shape index (κ1) is 10.5. The fourth-order valence-electron chi connectivity index (χ4n) is 1.08. The summed E-state index contributed by atoms with van der Waals surface area (Å²) in [5.41, 5.74) is 0. The molecular weight excluding hydrogens is 214 g/mol. The number of aryl methyl sites for hydroxylation is 1. The highest BCUT2D eigenvalue weighted by Crippen LogP contribution is 2.24. The molecule has 1 aliphatic rings. The van der Waals surface area contributed by atoms with E-state index in [1.165, 1.54) is 11.8 Å². The van der Waals surface area contributed by atoms with E-state index in [-0.39, 0.29) is 11.2 Å². The van der Waals surface area contributed by atoms with Gasteiger partial charge >= 0.3 is 0 Å². The number of aromatic nitrogens is 2. The SMILES string of the molecule is Cc1nnc(S[C@@H](C)C(=O)NC2CC2)o1. The highest BCUT2D eigenvalue weighted by atomic mass is 32.2. The number of nitrogens with zero attached hydrogens (tertiary/aromatic N) is 2. The Balaban J connectivity index is 1.84. The van der Waals surface area contributed by atoms with E-state index < -0.39 is 0 Å². The van der Waals surface area contributed by atoms with Crippen LogP contribution in [0.3, 0.4) is 0 Å². The average molecular weight is 227 g/mol. The monoisotopic (exact) mass is 227 g/mol. The summed E-state index contributed by atoms with van der Waals surface area (Å²) in [5, 5.41) is 10.7. The first-order valence-corrected chi connectivity index (χ1v) is 5.80. The number of rotatable bonds is 4. The van der Waals surface area contributed by atoms with Gasteiger partial charge in [-0.1, -0.05) is 11.8 Å². The molecule has 82 valence electrons. The van der Waals surface area contributed by atoms with Gasteiger partial charge in [0.1, 0.15) is 0 Å². The molecule has 15 heavy (non-hydrogen) atoms. The van der Waals surface area contributed by atoms with Crippen LogP contribution in [0.25, 0.3) is 0 Å². The molecule has 0 unspecified atom stereocenters. The lowest BCUT2D eigenvalue weighted by Crippen LogP contribution is -2.32. The molecule has 1 aromatic rings. The summed E-state index contributed by atoms with van der Waals surface area (Å²) in [6, 6.07) is 0.393. The summed E-state index contributed by atoms with van der Waals surface area (Å²) in [7, 11) is 0. The van der Waals surface area contributed by atoms with Gasteiger partial charge in [-0.15, -0.1) is 10.2 Å². The summed E-state index contributed by atoms with van der Waals surface area (Å²) in [5.74, 6) is 0.561. The van der Waals surface area contributed by atoms with Gasteiger partial charge in [0.15, 0.2) is 0 Å². The van der Waals surface area contributed by atoms with Crippen molar-refractivity contribution in [3.05, 3.63) is 5.89 Å². The third-order valence-corrected chi connectivity index (χ3v) is 3.01. The fourth-order valence-corrected chi connectivity index (χ4v) is 1.81. The van der Waals surface area contributed by atoms with Crippen molar-refractivity contribution in [2.45, 2.75) is 43.2 Å². The predicted molar refractivity (Wildman–Crippen MR) is 55.5 cm³/mol. The highest BCUT2D eigenvalue weighted by molar-refractivity contribution is 8.00. The molecule has 0 saturated heterocycles. The lowest BCUT2D eigenvalue weighted by Gasteiger charge is -2.08. The first-order valence-electron chi connectivity index (χ1n) is 4.92. The first-order chi connectivity index (χ1) is 7.15. The van der Waals surface area contributed by atoms with Gasteiger partial charge in [-0.25, -0.2) is 0 Å². The van der Waals surface area contributed by atoms with Crippen molar-refractivity contribution in [2.75, 3.05) is 0 Å². The van der Waals surface area contributed by atoms with E-state index in [0.717, 1.165) is 12.8 Å². The van der Waals surface area contributed by atoms with E-state index in [0.29, 0.717) is 17.2 Å². The van der Waals surface area contributed by atoms with E-state index in [1.54, 1.807) is 6.92 Å². The van der Waals surface area contributed by atoms with Gasteiger partial charge in [0, 0.05) is 13.0 Å². The fraction of sp³-hybridized carbons (Fsp3) is 0.667. The van der Waals surface area contributed by atoms with Crippen molar-refractivity contribution in [3.63, 3.8) is 0 Å². The summed E-state index contributed by atoms with van der Waals surface area (Å²) in [6.45, 7) is 3.56.